The van der Waals surface area contributed by atoms with E-state index < -0.39 is 5.60 Å². The van der Waals surface area contributed by atoms with Crippen LogP contribution < -0.4 is 10.5 Å². The Morgan fingerprint density at radius 2 is 2.05 bits per heavy atom. The molecule has 1 rings (SSSR count). The number of rotatable bonds is 7. The van der Waals surface area contributed by atoms with Crippen molar-refractivity contribution < 1.29 is 9.47 Å². The van der Waals surface area contributed by atoms with E-state index in [0.717, 1.165) is 17.9 Å². The van der Waals surface area contributed by atoms with Crippen LogP contribution in [-0.4, -0.2) is 29.1 Å². The molecule has 0 saturated carbocycles. The van der Waals surface area contributed by atoms with Crippen molar-refractivity contribution in [2.75, 3.05) is 13.7 Å². The van der Waals surface area contributed by atoms with Crippen LogP contribution in [0.25, 0.3) is 0 Å². The molecule has 0 saturated heterocycles. The lowest BCUT2D eigenvalue weighted by Crippen LogP contribution is -2.42. The molecule has 0 fully saturated rings. The fourth-order valence-corrected chi connectivity index (χ4v) is 2.25. The summed E-state index contributed by atoms with van der Waals surface area (Å²) >= 11 is 0. The van der Waals surface area contributed by atoms with Gasteiger partial charge in [-0.1, -0.05) is 6.92 Å². The summed E-state index contributed by atoms with van der Waals surface area (Å²) in [6.07, 6.45) is 2.55. The van der Waals surface area contributed by atoms with Gasteiger partial charge < -0.3 is 15.2 Å². The van der Waals surface area contributed by atoms with Crippen molar-refractivity contribution in [2.45, 2.75) is 58.7 Å². The van der Waals surface area contributed by atoms with Crippen LogP contribution in [0.2, 0.25) is 0 Å². The zero-order chi connectivity index (χ0) is 14.6. The quantitative estimate of drug-likeness (QED) is 0.826. The molecule has 0 aliphatic heterocycles. The molecule has 1 heterocycles. The fourth-order valence-electron chi connectivity index (χ4n) is 2.25. The Balaban J connectivity index is 3.23. The highest BCUT2D eigenvalue weighted by molar-refractivity contribution is 5.30. The first kappa shape index (κ1) is 16.0. The monoisotopic (exact) mass is 269 g/mol. The molecule has 5 heteroatoms. The zero-order valence-corrected chi connectivity index (χ0v) is 12.9. The molecule has 2 N–H and O–H groups in total. The minimum atomic E-state index is -0.422. The highest BCUT2D eigenvalue weighted by Gasteiger charge is 2.36. The van der Waals surface area contributed by atoms with E-state index in [1.54, 1.807) is 13.3 Å². The summed E-state index contributed by atoms with van der Waals surface area (Å²) in [4.78, 5) is 0. The lowest BCUT2D eigenvalue weighted by atomic mass is 9.90. The predicted molar refractivity (Wildman–Crippen MR) is 76.4 cm³/mol. The summed E-state index contributed by atoms with van der Waals surface area (Å²) in [5.74, 6) is 0.723. The van der Waals surface area contributed by atoms with Crippen molar-refractivity contribution in [1.82, 2.24) is 9.78 Å². The van der Waals surface area contributed by atoms with E-state index in [1.807, 2.05) is 18.5 Å². The minimum Gasteiger partial charge on any atom is -0.493 e. The molecule has 0 radical (unpaired) electrons. The Labute approximate surface area is 116 Å². The SMILES string of the molecule is CCOC(C)(CC)C(N)c1c(OC)cnn1C(C)C. The van der Waals surface area contributed by atoms with Crippen LogP contribution in [0.4, 0.5) is 0 Å². The van der Waals surface area contributed by atoms with Gasteiger partial charge in [0.2, 0.25) is 0 Å². The maximum absolute atomic E-state index is 6.46. The van der Waals surface area contributed by atoms with Crippen LogP contribution in [0.1, 0.15) is 58.8 Å². The number of hydrogen-bond donors (Lipinski definition) is 1. The minimum absolute atomic E-state index is 0.229. The van der Waals surface area contributed by atoms with Gasteiger partial charge in [0.25, 0.3) is 0 Å². The van der Waals surface area contributed by atoms with Gasteiger partial charge in [0, 0.05) is 12.6 Å². The zero-order valence-electron chi connectivity index (χ0n) is 12.9. The van der Waals surface area contributed by atoms with Gasteiger partial charge in [-0.2, -0.15) is 5.10 Å². The smallest absolute Gasteiger partial charge is 0.161 e. The van der Waals surface area contributed by atoms with Gasteiger partial charge in [-0.25, -0.2) is 0 Å². The molecule has 2 unspecified atom stereocenters. The molecule has 0 amide bonds. The molecular formula is C14H27N3O2. The van der Waals surface area contributed by atoms with E-state index in [0.29, 0.717) is 6.61 Å². The Morgan fingerprint density at radius 3 is 2.47 bits per heavy atom. The molecule has 0 bridgehead atoms. The summed E-state index contributed by atoms with van der Waals surface area (Å²) in [6, 6.07) is -0.0509. The Bertz CT molecular complexity index is 403. The van der Waals surface area contributed by atoms with Crippen LogP contribution in [-0.2, 0) is 4.74 Å². The third kappa shape index (κ3) is 3.09. The van der Waals surface area contributed by atoms with Crippen molar-refractivity contribution >= 4 is 0 Å². The summed E-state index contributed by atoms with van der Waals surface area (Å²) in [7, 11) is 1.64. The van der Waals surface area contributed by atoms with Gasteiger partial charge >= 0.3 is 0 Å². The maximum atomic E-state index is 6.46. The van der Waals surface area contributed by atoms with Crippen LogP contribution in [0.15, 0.2) is 6.20 Å². The highest BCUT2D eigenvalue weighted by Crippen LogP contribution is 2.36. The van der Waals surface area contributed by atoms with Crippen LogP contribution in [0, 0.1) is 0 Å². The third-order valence-electron chi connectivity index (χ3n) is 3.64. The second-order valence-corrected chi connectivity index (χ2v) is 5.21. The Morgan fingerprint density at radius 1 is 1.42 bits per heavy atom. The fraction of sp³-hybridized carbons (Fsp3) is 0.786. The van der Waals surface area contributed by atoms with Crippen molar-refractivity contribution in [2.24, 2.45) is 5.73 Å². The largest absolute Gasteiger partial charge is 0.493 e. The van der Waals surface area contributed by atoms with Gasteiger partial charge in [0.1, 0.15) is 5.69 Å². The number of nitrogens with two attached hydrogens (primary N) is 1. The molecule has 0 aromatic carbocycles. The Kier molecular flexibility index (Phi) is 5.38. The van der Waals surface area contributed by atoms with Gasteiger partial charge in [0.15, 0.2) is 5.75 Å². The summed E-state index contributed by atoms with van der Waals surface area (Å²) < 4.78 is 13.2. The summed E-state index contributed by atoms with van der Waals surface area (Å²) in [5.41, 5.74) is 6.94. The number of nitrogens with zero attached hydrogens (tertiary/aromatic N) is 2. The molecule has 110 valence electrons. The molecule has 5 nitrogen and oxygen atoms in total. The van der Waals surface area contributed by atoms with Crippen molar-refractivity contribution in [3.8, 4) is 5.75 Å². The molecular weight excluding hydrogens is 242 g/mol. The lowest BCUT2D eigenvalue weighted by molar-refractivity contribution is -0.0495. The molecule has 0 aliphatic carbocycles. The molecule has 2 atom stereocenters. The van der Waals surface area contributed by atoms with Gasteiger partial charge in [-0.15, -0.1) is 0 Å². The van der Waals surface area contributed by atoms with E-state index in [-0.39, 0.29) is 12.1 Å². The maximum Gasteiger partial charge on any atom is 0.161 e. The van der Waals surface area contributed by atoms with Gasteiger partial charge in [0.05, 0.1) is 24.9 Å². The molecule has 1 aromatic heterocycles. The average Bonchev–Trinajstić information content (AvgIpc) is 2.81. The second kappa shape index (κ2) is 6.39. The van der Waals surface area contributed by atoms with E-state index in [1.165, 1.54) is 0 Å². The van der Waals surface area contributed by atoms with E-state index in [2.05, 4.69) is 25.9 Å². The topological polar surface area (TPSA) is 62.3 Å². The first-order chi connectivity index (χ1) is 8.91. The van der Waals surface area contributed by atoms with Crippen LogP contribution >= 0.6 is 0 Å². The van der Waals surface area contributed by atoms with Crippen LogP contribution in [0.3, 0.4) is 0 Å². The lowest BCUT2D eigenvalue weighted by Gasteiger charge is -2.35. The van der Waals surface area contributed by atoms with Crippen LogP contribution in [0.5, 0.6) is 5.75 Å². The summed E-state index contributed by atoms with van der Waals surface area (Å²) in [5, 5.41) is 4.37. The van der Waals surface area contributed by atoms with Crippen molar-refractivity contribution in [3.05, 3.63) is 11.9 Å². The number of ether oxygens (including phenoxy) is 2. The predicted octanol–water partition coefficient (Wildman–Crippen LogP) is 2.68. The van der Waals surface area contributed by atoms with E-state index >= 15 is 0 Å². The van der Waals surface area contributed by atoms with Crippen molar-refractivity contribution in [3.63, 3.8) is 0 Å². The van der Waals surface area contributed by atoms with Gasteiger partial charge in [-0.05, 0) is 34.1 Å². The first-order valence-corrected chi connectivity index (χ1v) is 6.92. The average molecular weight is 269 g/mol. The molecule has 19 heavy (non-hydrogen) atoms. The normalized spacial score (nSPS) is 16.4. The summed E-state index contributed by atoms with van der Waals surface area (Å²) in [6.45, 7) is 10.9. The number of aromatic nitrogens is 2. The molecule has 0 aliphatic rings. The van der Waals surface area contributed by atoms with Crippen molar-refractivity contribution in [1.29, 1.82) is 0 Å². The highest BCUT2D eigenvalue weighted by atomic mass is 16.5. The number of methoxy groups -OCH3 is 1. The third-order valence-corrected chi connectivity index (χ3v) is 3.64. The molecule has 0 spiro atoms. The first-order valence-electron chi connectivity index (χ1n) is 6.92. The standard InChI is InChI=1S/C14H27N3O2/c1-7-14(5,19-8-2)13(15)12-11(18-6)9-16-17(12)10(3)4/h9-10,13H,7-8,15H2,1-6H3. The second-order valence-electron chi connectivity index (χ2n) is 5.21. The number of hydrogen-bond acceptors (Lipinski definition) is 4. The molecule has 1 aromatic rings. The van der Waals surface area contributed by atoms with E-state index in [4.69, 9.17) is 15.2 Å². The van der Waals surface area contributed by atoms with Gasteiger partial charge in [-0.3, -0.25) is 4.68 Å². The van der Waals surface area contributed by atoms with E-state index in [9.17, 15) is 0 Å². The Hall–Kier alpha value is -1.07.